The Morgan fingerprint density at radius 3 is 2.03 bits per heavy atom. The standard InChI is InChI=1S/C23H24N2O5S2/c1-16-21(10-7-11-22(16)25-32(29,30)20-8-5-4-6-9-20)23(26)24-17(2)18-12-14-19(15-13-18)31(3,27)28/h4-15,17,25H,1-3H3,(H,24,26)/t17-/m0/s1. The van der Waals surface area contributed by atoms with E-state index in [-0.39, 0.29) is 21.7 Å². The third kappa shape index (κ3) is 5.35. The van der Waals surface area contributed by atoms with Gasteiger partial charge in [0.25, 0.3) is 15.9 Å². The molecule has 1 atom stereocenters. The smallest absolute Gasteiger partial charge is 0.261 e. The lowest BCUT2D eigenvalue weighted by Crippen LogP contribution is -2.27. The molecule has 0 aliphatic carbocycles. The molecule has 9 heteroatoms. The van der Waals surface area contributed by atoms with Crippen LogP contribution in [0.1, 0.15) is 34.5 Å². The van der Waals surface area contributed by atoms with Gasteiger partial charge < -0.3 is 5.32 Å². The molecule has 0 radical (unpaired) electrons. The quantitative estimate of drug-likeness (QED) is 0.545. The molecule has 32 heavy (non-hydrogen) atoms. The van der Waals surface area contributed by atoms with Crippen molar-refractivity contribution >= 4 is 31.5 Å². The number of rotatable bonds is 7. The van der Waals surface area contributed by atoms with Crippen molar-refractivity contribution in [3.05, 3.63) is 89.5 Å². The van der Waals surface area contributed by atoms with Crippen LogP contribution in [0.3, 0.4) is 0 Å². The third-order valence-corrected chi connectivity index (χ3v) is 7.54. The van der Waals surface area contributed by atoms with Gasteiger partial charge in [-0.2, -0.15) is 0 Å². The number of sulfonamides is 1. The second kappa shape index (κ2) is 9.13. The van der Waals surface area contributed by atoms with E-state index in [2.05, 4.69) is 10.0 Å². The molecule has 0 spiro atoms. The van der Waals surface area contributed by atoms with Crippen molar-refractivity contribution < 1.29 is 21.6 Å². The maximum atomic E-state index is 12.9. The van der Waals surface area contributed by atoms with Crippen molar-refractivity contribution in [1.29, 1.82) is 0 Å². The van der Waals surface area contributed by atoms with Crippen LogP contribution in [-0.2, 0) is 19.9 Å². The highest BCUT2D eigenvalue weighted by Gasteiger charge is 2.19. The molecule has 1 amide bonds. The van der Waals surface area contributed by atoms with Gasteiger partial charge in [0, 0.05) is 11.8 Å². The van der Waals surface area contributed by atoms with Gasteiger partial charge in [-0.15, -0.1) is 0 Å². The number of amides is 1. The highest BCUT2D eigenvalue weighted by atomic mass is 32.2. The maximum absolute atomic E-state index is 12.9. The molecule has 2 N–H and O–H groups in total. The average molecular weight is 473 g/mol. The largest absolute Gasteiger partial charge is 0.346 e. The van der Waals surface area contributed by atoms with E-state index in [1.54, 1.807) is 62.4 Å². The van der Waals surface area contributed by atoms with E-state index < -0.39 is 19.9 Å². The van der Waals surface area contributed by atoms with Gasteiger partial charge in [-0.05, 0) is 61.4 Å². The summed E-state index contributed by atoms with van der Waals surface area (Å²) in [5.74, 6) is -0.372. The summed E-state index contributed by atoms with van der Waals surface area (Å²) >= 11 is 0. The van der Waals surface area contributed by atoms with Crippen LogP contribution in [0.15, 0.2) is 82.6 Å². The Morgan fingerprint density at radius 2 is 1.44 bits per heavy atom. The lowest BCUT2D eigenvalue weighted by molar-refractivity contribution is 0.0939. The Bertz CT molecular complexity index is 1330. The van der Waals surface area contributed by atoms with Crippen LogP contribution in [0.5, 0.6) is 0 Å². The zero-order chi connectivity index (χ0) is 23.5. The molecule has 0 bridgehead atoms. The minimum Gasteiger partial charge on any atom is -0.346 e. The van der Waals surface area contributed by atoms with Crippen LogP contribution in [0.2, 0.25) is 0 Å². The molecule has 0 aliphatic heterocycles. The topological polar surface area (TPSA) is 109 Å². The van der Waals surface area contributed by atoms with Crippen LogP contribution in [0.25, 0.3) is 0 Å². The molecule has 7 nitrogen and oxygen atoms in total. The molecule has 3 aromatic rings. The molecule has 0 aliphatic rings. The number of nitrogens with one attached hydrogen (secondary N) is 2. The highest BCUT2D eigenvalue weighted by molar-refractivity contribution is 7.92. The molecule has 0 saturated carbocycles. The Labute approximate surface area is 188 Å². The number of hydrogen-bond acceptors (Lipinski definition) is 5. The first-order chi connectivity index (χ1) is 15.0. The second-order valence-electron chi connectivity index (χ2n) is 7.43. The zero-order valence-corrected chi connectivity index (χ0v) is 19.5. The molecule has 0 aromatic heterocycles. The molecule has 0 unspecified atom stereocenters. The number of hydrogen-bond donors (Lipinski definition) is 2. The maximum Gasteiger partial charge on any atom is 0.261 e. The van der Waals surface area contributed by atoms with Crippen LogP contribution < -0.4 is 10.0 Å². The first-order valence-corrected chi connectivity index (χ1v) is 13.1. The van der Waals surface area contributed by atoms with E-state index in [0.717, 1.165) is 11.8 Å². The van der Waals surface area contributed by atoms with Gasteiger partial charge in [-0.1, -0.05) is 36.4 Å². The summed E-state index contributed by atoms with van der Waals surface area (Å²) in [5, 5.41) is 2.87. The third-order valence-electron chi connectivity index (χ3n) is 5.03. The van der Waals surface area contributed by atoms with E-state index in [1.807, 2.05) is 0 Å². The summed E-state index contributed by atoms with van der Waals surface area (Å²) in [7, 11) is -7.09. The first kappa shape index (κ1) is 23.5. The Morgan fingerprint density at radius 1 is 0.812 bits per heavy atom. The average Bonchev–Trinajstić information content (AvgIpc) is 2.75. The molecular weight excluding hydrogens is 448 g/mol. The summed E-state index contributed by atoms with van der Waals surface area (Å²) in [6, 6.07) is 18.7. The Hall–Kier alpha value is -3.17. The fraction of sp³-hybridized carbons (Fsp3) is 0.174. The highest BCUT2D eigenvalue weighted by Crippen LogP contribution is 2.24. The van der Waals surface area contributed by atoms with E-state index in [1.165, 1.54) is 24.3 Å². The van der Waals surface area contributed by atoms with Gasteiger partial charge in [-0.25, -0.2) is 16.8 Å². The molecule has 3 rings (SSSR count). The number of sulfone groups is 1. The van der Waals surface area contributed by atoms with Gasteiger partial charge in [0.1, 0.15) is 0 Å². The molecule has 168 valence electrons. The molecule has 0 saturated heterocycles. The molecule has 3 aromatic carbocycles. The summed E-state index contributed by atoms with van der Waals surface area (Å²) in [6.07, 6.45) is 1.13. The van der Waals surface area contributed by atoms with Crippen molar-refractivity contribution in [3.63, 3.8) is 0 Å². The van der Waals surface area contributed by atoms with E-state index in [4.69, 9.17) is 0 Å². The van der Waals surface area contributed by atoms with Crippen molar-refractivity contribution in [2.45, 2.75) is 29.7 Å². The van der Waals surface area contributed by atoms with Gasteiger partial charge >= 0.3 is 0 Å². The summed E-state index contributed by atoms with van der Waals surface area (Å²) < 4.78 is 51.1. The fourth-order valence-electron chi connectivity index (χ4n) is 3.16. The molecule has 0 fully saturated rings. The van der Waals surface area contributed by atoms with Crippen molar-refractivity contribution in [2.75, 3.05) is 11.0 Å². The summed E-state index contributed by atoms with van der Waals surface area (Å²) in [4.78, 5) is 13.2. The number of benzene rings is 3. The lowest BCUT2D eigenvalue weighted by atomic mass is 10.0. The lowest BCUT2D eigenvalue weighted by Gasteiger charge is -2.17. The Balaban J connectivity index is 1.79. The number of carbonyl (C=O) groups excluding carboxylic acids is 1. The number of carbonyl (C=O) groups is 1. The van der Waals surface area contributed by atoms with Crippen molar-refractivity contribution in [2.24, 2.45) is 0 Å². The summed E-state index contributed by atoms with van der Waals surface area (Å²) in [6.45, 7) is 3.45. The zero-order valence-electron chi connectivity index (χ0n) is 17.9. The van der Waals surface area contributed by atoms with E-state index in [9.17, 15) is 21.6 Å². The monoisotopic (exact) mass is 472 g/mol. The van der Waals surface area contributed by atoms with Gasteiger partial charge in [0.05, 0.1) is 21.5 Å². The minimum atomic E-state index is -3.79. The van der Waals surface area contributed by atoms with Crippen LogP contribution in [-0.4, -0.2) is 29.0 Å². The second-order valence-corrected chi connectivity index (χ2v) is 11.1. The Kier molecular flexibility index (Phi) is 6.71. The van der Waals surface area contributed by atoms with Crippen molar-refractivity contribution in [1.82, 2.24) is 5.32 Å². The fourth-order valence-corrected chi connectivity index (χ4v) is 4.93. The predicted octanol–water partition coefficient (Wildman–Crippen LogP) is 3.69. The van der Waals surface area contributed by atoms with Crippen LogP contribution in [0.4, 0.5) is 5.69 Å². The SMILES string of the molecule is Cc1c(NS(=O)(=O)c2ccccc2)cccc1C(=O)N[C@@H](C)c1ccc(S(C)(=O)=O)cc1. The van der Waals surface area contributed by atoms with E-state index >= 15 is 0 Å². The van der Waals surface area contributed by atoms with Crippen LogP contribution in [0, 0.1) is 6.92 Å². The van der Waals surface area contributed by atoms with E-state index in [0.29, 0.717) is 16.8 Å². The minimum absolute atomic E-state index is 0.125. The van der Waals surface area contributed by atoms with Crippen molar-refractivity contribution in [3.8, 4) is 0 Å². The molecular formula is C23H24N2O5S2. The normalized spacial score (nSPS) is 12.7. The summed E-state index contributed by atoms with van der Waals surface area (Å²) in [5.41, 5.74) is 1.87. The van der Waals surface area contributed by atoms with Gasteiger partial charge in [-0.3, -0.25) is 9.52 Å². The van der Waals surface area contributed by atoms with Gasteiger partial charge in [0.2, 0.25) is 0 Å². The number of anilines is 1. The molecule has 0 heterocycles. The van der Waals surface area contributed by atoms with Crippen LogP contribution >= 0.6 is 0 Å². The first-order valence-electron chi connectivity index (χ1n) is 9.77. The van der Waals surface area contributed by atoms with Gasteiger partial charge in [0.15, 0.2) is 9.84 Å². The predicted molar refractivity (Wildman–Crippen MR) is 124 cm³/mol.